The van der Waals surface area contributed by atoms with Crippen molar-refractivity contribution in [1.82, 2.24) is 0 Å². The van der Waals surface area contributed by atoms with E-state index in [9.17, 15) is 0 Å². The van der Waals surface area contributed by atoms with Crippen LogP contribution in [0.4, 0.5) is 0 Å². The molecule has 0 saturated heterocycles. The van der Waals surface area contributed by atoms with Crippen LogP contribution in [0.5, 0.6) is 0 Å². The fourth-order valence-electron chi connectivity index (χ4n) is 0. The molecule has 5 heavy (non-hydrogen) atoms. The van der Waals surface area contributed by atoms with Gasteiger partial charge >= 0.3 is 0 Å². The maximum atomic E-state index is 7.25. The van der Waals surface area contributed by atoms with Gasteiger partial charge < -0.3 is 0 Å². The van der Waals surface area contributed by atoms with E-state index in [4.69, 9.17) is 10.5 Å². The Hall–Kier alpha value is -0.340. The Bertz CT molecular complexity index is 27.9. The molecule has 0 saturated carbocycles. The monoisotopic (exact) mass is 73.0 g/mol. The van der Waals surface area contributed by atoms with Crippen molar-refractivity contribution in [3.63, 3.8) is 0 Å². The van der Waals surface area contributed by atoms with Gasteiger partial charge in [0.15, 0.2) is 0 Å². The average Bonchev–Trinajstić information content (AvgIpc) is 2.19. The predicted molar refractivity (Wildman–Crippen MR) is 17.1 cm³/mol. The van der Waals surface area contributed by atoms with Gasteiger partial charge in [0.25, 0.3) is 0 Å². The third kappa shape index (κ3) is 23.2. The number of allylic oxidation sites excluding steroid dienone is 2. The normalized spacial score (nSPS) is 12.4. The van der Waals surface area contributed by atoms with Crippen molar-refractivity contribution < 1.29 is 10.5 Å². The molecule has 1 aliphatic rings. The van der Waals surface area contributed by atoms with E-state index in [1.807, 2.05) is 0 Å². The van der Waals surface area contributed by atoms with Crippen LogP contribution in [0.25, 0.3) is 0 Å². The highest BCUT2D eigenvalue weighted by Gasteiger charge is 1.75. The van der Waals surface area contributed by atoms with Crippen molar-refractivity contribution in [3.05, 3.63) is 12.2 Å². The molecule has 2 nitrogen and oxygen atoms in total. The summed E-state index contributed by atoms with van der Waals surface area (Å²) >= 11 is 0. The van der Waals surface area contributed by atoms with Crippen molar-refractivity contribution >= 4 is 0 Å². The summed E-state index contributed by atoms with van der Waals surface area (Å²) in [6.07, 6.45) is 5.50. The molecule has 1 radical (unpaired) electrons. The van der Waals surface area contributed by atoms with Gasteiger partial charge in [0.1, 0.15) is 0 Å². The van der Waals surface area contributed by atoms with Crippen LogP contribution >= 0.6 is 0 Å². The van der Waals surface area contributed by atoms with Gasteiger partial charge in [-0.2, -0.15) is 0 Å². The molecule has 0 amide bonds. The van der Waals surface area contributed by atoms with Gasteiger partial charge in [-0.05, 0) is 11.7 Å². The lowest BCUT2D eigenvalue weighted by atomic mass is 10.9. The standard InChI is InChI=1S/C3H4.HO2/c1-2-3-1;1-2/h1-2H,3H2;1H. The molecular formula is C3H5O2. The molecule has 2 heteroatoms. The third-order valence-corrected chi connectivity index (χ3v) is 0.236. The van der Waals surface area contributed by atoms with Gasteiger partial charge in [0.05, 0.1) is 0 Å². The van der Waals surface area contributed by atoms with E-state index in [0.717, 1.165) is 0 Å². The number of hydrogen-bond donors (Lipinski definition) is 1. The fourth-order valence-corrected chi connectivity index (χ4v) is 0. The smallest absolute Gasteiger partial charge is 0.0169 e. The molecule has 0 spiro atoms. The van der Waals surface area contributed by atoms with Crippen LogP contribution in [0.3, 0.4) is 0 Å². The van der Waals surface area contributed by atoms with E-state index in [0.29, 0.717) is 0 Å². The first-order valence-corrected chi connectivity index (χ1v) is 1.33. The topological polar surface area (TPSA) is 40.1 Å². The van der Waals surface area contributed by atoms with Crippen LogP contribution in [0.2, 0.25) is 0 Å². The van der Waals surface area contributed by atoms with Crippen molar-refractivity contribution in [2.45, 2.75) is 6.42 Å². The summed E-state index contributed by atoms with van der Waals surface area (Å²) in [5.74, 6) is 0. The van der Waals surface area contributed by atoms with Gasteiger partial charge in [-0.1, -0.05) is 12.2 Å². The summed E-state index contributed by atoms with van der Waals surface area (Å²) in [4.78, 5) is 0. The van der Waals surface area contributed by atoms with Crippen LogP contribution in [0.15, 0.2) is 12.2 Å². The first-order chi connectivity index (χ1) is 2.50. The highest BCUT2D eigenvalue weighted by Crippen LogP contribution is 1.96. The van der Waals surface area contributed by atoms with Gasteiger partial charge in [-0.15, -0.1) is 0 Å². The average molecular weight is 73.1 g/mol. The second kappa shape index (κ2) is 3.66. The summed E-state index contributed by atoms with van der Waals surface area (Å²) < 4.78 is 0. The highest BCUT2D eigenvalue weighted by molar-refractivity contribution is 5.02. The maximum Gasteiger partial charge on any atom is -0.0169 e. The second-order valence-corrected chi connectivity index (χ2v) is 0.707. The molecular weight excluding hydrogens is 68.0 g/mol. The lowest BCUT2D eigenvalue weighted by molar-refractivity contribution is -0.247. The van der Waals surface area contributed by atoms with Gasteiger partial charge in [0, 0.05) is 0 Å². The molecule has 1 aliphatic carbocycles. The van der Waals surface area contributed by atoms with Crippen molar-refractivity contribution in [3.8, 4) is 0 Å². The van der Waals surface area contributed by atoms with Crippen LogP contribution in [0, 0.1) is 0 Å². The maximum absolute atomic E-state index is 7.25. The Labute approximate surface area is 30.3 Å². The molecule has 0 aromatic heterocycles. The zero-order valence-electron chi connectivity index (χ0n) is 2.72. The van der Waals surface area contributed by atoms with Crippen LogP contribution in [-0.2, 0) is 5.26 Å². The van der Waals surface area contributed by atoms with Crippen molar-refractivity contribution in [2.24, 2.45) is 0 Å². The molecule has 0 aromatic rings. The van der Waals surface area contributed by atoms with Gasteiger partial charge in [-0.25, -0.2) is 5.26 Å². The third-order valence-electron chi connectivity index (χ3n) is 0.236. The zero-order chi connectivity index (χ0) is 4.12. The Balaban J connectivity index is 0.0000000733. The minimum Gasteiger partial charge on any atom is -0.219 e. The number of rotatable bonds is 0. The molecule has 29 valence electrons. The van der Waals surface area contributed by atoms with E-state index in [2.05, 4.69) is 12.2 Å². The first-order valence-electron chi connectivity index (χ1n) is 1.33. The summed E-state index contributed by atoms with van der Waals surface area (Å²) in [5, 5.41) is 13.0. The molecule has 0 aromatic carbocycles. The van der Waals surface area contributed by atoms with E-state index in [1.165, 1.54) is 6.42 Å². The summed E-state index contributed by atoms with van der Waals surface area (Å²) in [6, 6.07) is 0. The molecule has 1 rings (SSSR count). The minimum absolute atomic E-state index is 1.25. The van der Waals surface area contributed by atoms with Gasteiger partial charge in [-0.3, -0.25) is 0 Å². The van der Waals surface area contributed by atoms with Gasteiger partial charge in [0.2, 0.25) is 0 Å². The molecule has 0 heterocycles. The van der Waals surface area contributed by atoms with E-state index < -0.39 is 0 Å². The Morgan fingerprint density at radius 1 is 1.40 bits per heavy atom. The van der Waals surface area contributed by atoms with Crippen LogP contribution < -0.4 is 0 Å². The molecule has 0 unspecified atom stereocenters. The second-order valence-electron chi connectivity index (χ2n) is 0.707. The largest absolute Gasteiger partial charge is 0.219 e. The lowest BCUT2D eigenvalue weighted by Crippen LogP contribution is -1.21. The lowest BCUT2D eigenvalue weighted by Gasteiger charge is -1.15. The van der Waals surface area contributed by atoms with Crippen LogP contribution in [0.1, 0.15) is 6.42 Å². The highest BCUT2D eigenvalue weighted by atomic mass is 17.0. The first kappa shape index (κ1) is 4.66. The van der Waals surface area contributed by atoms with Crippen molar-refractivity contribution in [2.75, 3.05) is 0 Å². The summed E-state index contributed by atoms with van der Waals surface area (Å²) in [6.45, 7) is 0. The molecule has 1 N–H and O–H groups in total. The quantitative estimate of drug-likeness (QED) is 0.257. The Morgan fingerprint density at radius 3 is 1.60 bits per heavy atom. The van der Waals surface area contributed by atoms with E-state index in [1.54, 1.807) is 0 Å². The molecule has 0 bridgehead atoms. The zero-order valence-corrected chi connectivity index (χ0v) is 2.72. The fraction of sp³-hybridized carbons (Fsp3) is 0.333. The SMILES string of the molecule is C1=CC1.[O]O. The number of hydrogen-bond acceptors (Lipinski definition) is 1. The predicted octanol–water partition coefficient (Wildman–Crippen LogP) is 0.836. The molecule has 0 atom stereocenters. The summed E-state index contributed by atoms with van der Waals surface area (Å²) in [5.41, 5.74) is 0. The van der Waals surface area contributed by atoms with Crippen molar-refractivity contribution in [1.29, 1.82) is 0 Å². The van der Waals surface area contributed by atoms with Crippen LogP contribution in [-0.4, -0.2) is 5.26 Å². The summed E-state index contributed by atoms with van der Waals surface area (Å²) in [7, 11) is 0. The molecule has 0 fully saturated rings. The molecule has 0 aliphatic heterocycles. The van der Waals surface area contributed by atoms with E-state index in [-0.39, 0.29) is 0 Å². The minimum atomic E-state index is 1.25. The van der Waals surface area contributed by atoms with E-state index >= 15 is 0 Å². The Kier molecular flexibility index (Phi) is 3.41. The Morgan fingerprint density at radius 2 is 1.60 bits per heavy atom.